The lowest BCUT2D eigenvalue weighted by molar-refractivity contribution is -0.186. The quantitative estimate of drug-likeness (QED) is 0.532. The Labute approximate surface area is 109 Å². The van der Waals surface area contributed by atoms with E-state index in [1.807, 2.05) is 0 Å². The van der Waals surface area contributed by atoms with Crippen molar-refractivity contribution in [2.24, 2.45) is 0 Å². The first-order valence-electron chi connectivity index (χ1n) is 5.63. The molecule has 0 aromatic carbocycles. The van der Waals surface area contributed by atoms with Crippen LogP contribution in [-0.2, 0) is 19.1 Å². The number of alkyl halides is 3. The molecule has 0 atom stereocenters. The molecule has 0 aromatic heterocycles. The van der Waals surface area contributed by atoms with Crippen LogP contribution < -0.4 is 0 Å². The minimum Gasteiger partial charge on any atom is -0.457 e. The Hall–Kier alpha value is -1.53. The molecule has 0 saturated heterocycles. The van der Waals surface area contributed by atoms with E-state index in [-0.39, 0.29) is 12.8 Å². The summed E-state index contributed by atoms with van der Waals surface area (Å²) < 4.78 is 44.3. The third-order valence-corrected chi connectivity index (χ3v) is 2.10. The number of hydrogen-bond acceptors (Lipinski definition) is 4. The molecule has 0 rings (SSSR count). The summed E-state index contributed by atoms with van der Waals surface area (Å²) >= 11 is 0. The van der Waals surface area contributed by atoms with Crippen LogP contribution in [0.2, 0.25) is 0 Å². The van der Waals surface area contributed by atoms with Gasteiger partial charge >= 0.3 is 18.1 Å². The highest BCUT2D eigenvalue weighted by molar-refractivity contribution is 5.81. The van der Waals surface area contributed by atoms with Crippen LogP contribution in [0, 0.1) is 0 Å². The highest BCUT2D eigenvalue weighted by Gasteiger charge is 2.29. The normalized spacial score (nSPS) is 11.8. The van der Waals surface area contributed by atoms with Crippen LogP contribution >= 0.6 is 0 Å². The van der Waals surface area contributed by atoms with Crippen molar-refractivity contribution in [3.05, 3.63) is 12.7 Å². The summed E-state index contributed by atoms with van der Waals surface area (Å²) in [4.78, 5) is 22.0. The van der Waals surface area contributed by atoms with Crippen LogP contribution in [0.3, 0.4) is 0 Å². The predicted octanol–water partition coefficient (Wildman–Crippen LogP) is 2.77. The lowest BCUT2D eigenvalue weighted by Crippen LogP contribution is -2.27. The average molecular weight is 282 g/mol. The van der Waals surface area contributed by atoms with Gasteiger partial charge in [0.2, 0.25) is 0 Å². The average Bonchev–Trinajstić information content (AvgIpc) is 2.24. The van der Waals surface area contributed by atoms with E-state index in [2.05, 4.69) is 11.3 Å². The predicted molar refractivity (Wildman–Crippen MR) is 61.2 cm³/mol. The Morgan fingerprint density at radius 1 is 1.26 bits per heavy atom. The van der Waals surface area contributed by atoms with Crippen molar-refractivity contribution >= 4 is 11.9 Å². The molecule has 0 heterocycles. The summed E-state index contributed by atoms with van der Waals surface area (Å²) in [5, 5.41) is 0. The lowest BCUT2D eigenvalue weighted by atomic mass is 10.0. The molecular weight excluding hydrogens is 265 g/mol. The fourth-order valence-corrected chi connectivity index (χ4v) is 1.26. The van der Waals surface area contributed by atoms with E-state index >= 15 is 0 Å². The maximum absolute atomic E-state index is 11.8. The molecule has 0 unspecified atom stereocenters. The first-order valence-corrected chi connectivity index (χ1v) is 5.63. The van der Waals surface area contributed by atoms with E-state index in [0.717, 1.165) is 6.08 Å². The summed E-state index contributed by atoms with van der Waals surface area (Å²) in [5.41, 5.74) is -0.810. The number of carbonyl (C=O) groups excluding carboxylic acids is 2. The molecule has 0 saturated carbocycles. The molecule has 4 nitrogen and oxygen atoms in total. The van der Waals surface area contributed by atoms with E-state index in [1.54, 1.807) is 13.8 Å². The number of halogens is 3. The van der Waals surface area contributed by atoms with Crippen LogP contribution in [0.4, 0.5) is 13.2 Å². The maximum atomic E-state index is 11.8. The second-order valence-corrected chi connectivity index (χ2v) is 4.51. The zero-order valence-corrected chi connectivity index (χ0v) is 10.9. The van der Waals surface area contributed by atoms with Crippen molar-refractivity contribution in [3.63, 3.8) is 0 Å². The maximum Gasteiger partial charge on any atom is 0.422 e. The van der Waals surface area contributed by atoms with Crippen molar-refractivity contribution < 1.29 is 32.2 Å². The summed E-state index contributed by atoms with van der Waals surface area (Å²) in [6.45, 7) is 4.93. The molecule has 110 valence electrons. The zero-order chi connectivity index (χ0) is 15.1. The lowest BCUT2D eigenvalue weighted by Gasteiger charge is -2.24. The number of ether oxygens (including phenoxy) is 2. The first-order chi connectivity index (χ1) is 8.56. The van der Waals surface area contributed by atoms with Crippen molar-refractivity contribution in [2.75, 3.05) is 6.61 Å². The minimum atomic E-state index is -4.52. The molecular formula is C12H17F3O4. The van der Waals surface area contributed by atoms with Gasteiger partial charge in [0.1, 0.15) is 5.60 Å². The second kappa shape index (κ2) is 7.16. The van der Waals surface area contributed by atoms with Gasteiger partial charge in [-0.15, -0.1) is 0 Å². The third-order valence-electron chi connectivity index (χ3n) is 2.10. The molecule has 0 aliphatic rings. The minimum absolute atomic E-state index is 0.162. The first kappa shape index (κ1) is 17.5. The molecule has 0 aliphatic heterocycles. The summed E-state index contributed by atoms with van der Waals surface area (Å²) in [6.07, 6.45) is -3.08. The van der Waals surface area contributed by atoms with Gasteiger partial charge in [0.25, 0.3) is 0 Å². The number of carbonyl (C=O) groups is 2. The Kier molecular flexibility index (Phi) is 6.58. The number of esters is 2. The largest absolute Gasteiger partial charge is 0.457 e. The van der Waals surface area contributed by atoms with Crippen molar-refractivity contribution in [1.29, 1.82) is 0 Å². The highest BCUT2D eigenvalue weighted by Crippen LogP contribution is 2.19. The van der Waals surface area contributed by atoms with Gasteiger partial charge in [0, 0.05) is 12.5 Å². The van der Waals surface area contributed by atoms with Crippen LogP contribution in [-0.4, -0.2) is 30.3 Å². The smallest absolute Gasteiger partial charge is 0.422 e. The van der Waals surface area contributed by atoms with Gasteiger partial charge < -0.3 is 9.47 Å². The molecule has 19 heavy (non-hydrogen) atoms. The SMILES string of the molecule is C=CC(=O)OC(C)(C)CCCC(=O)OCC(F)(F)F. The van der Waals surface area contributed by atoms with Gasteiger partial charge in [-0.3, -0.25) is 4.79 Å². The second-order valence-electron chi connectivity index (χ2n) is 4.51. The van der Waals surface area contributed by atoms with Crippen LogP contribution in [0.5, 0.6) is 0 Å². The number of hydrogen-bond donors (Lipinski definition) is 0. The summed E-state index contributed by atoms with van der Waals surface area (Å²) in [6, 6.07) is 0. The fraction of sp³-hybridized carbons (Fsp3) is 0.667. The molecule has 0 fully saturated rings. The number of rotatable bonds is 7. The molecule has 0 amide bonds. The summed E-state index contributed by atoms with van der Waals surface area (Å²) in [5.74, 6) is -1.52. The van der Waals surface area contributed by atoms with E-state index in [1.165, 1.54) is 0 Å². The Morgan fingerprint density at radius 2 is 1.84 bits per heavy atom. The van der Waals surface area contributed by atoms with Gasteiger partial charge in [-0.05, 0) is 26.7 Å². The van der Waals surface area contributed by atoms with E-state index in [9.17, 15) is 22.8 Å². The highest BCUT2D eigenvalue weighted by atomic mass is 19.4. The Morgan fingerprint density at radius 3 is 2.32 bits per heavy atom. The molecule has 0 N–H and O–H groups in total. The Bertz CT molecular complexity index is 334. The molecule has 0 spiro atoms. The summed E-state index contributed by atoms with van der Waals surface area (Å²) in [7, 11) is 0. The van der Waals surface area contributed by atoms with Gasteiger partial charge in [0.05, 0.1) is 0 Å². The van der Waals surface area contributed by atoms with Gasteiger partial charge in [0.15, 0.2) is 6.61 Å². The van der Waals surface area contributed by atoms with Crippen LogP contribution in [0.1, 0.15) is 33.1 Å². The topological polar surface area (TPSA) is 52.6 Å². The zero-order valence-electron chi connectivity index (χ0n) is 10.9. The third kappa shape index (κ3) is 10.1. The molecule has 0 aliphatic carbocycles. The van der Waals surface area contributed by atoms with Gasteiger partial charge in [-0.1, -0.05) is 6.58 Å². The standard InChI is InChI=1S/C12H17F3O4/c1-4-9(16)19-11(2,3)7-5-6-10(17)18-8-12(13,14)15/h4H,1,5-8H2,2-3H3. The van der Waals surface area contributed by atoms with Crippen molar-refractivity contribution in [2.45, 2.75) is 44.9 Å². The van der Waals surface area contributed by atoms with Gasteiger partial charge in [-0.2, -0.15) is 13.2 Å². The molecule has 0 radical (unpaired) electrons. The van der Waals surface area contributed by atoms with Crippen molar-refractivity contribution in [1.82, 2.24) is 0 Å². The van der Waals surface area contributed by atoms with Crippen molar-refractivity contribution in [3.8, 4) is 0 Å². The molecule has 0 bridgehead atoms. The van der Waals surface area contributed by atoms with Crippen LogP contribution in [0.15, 0.2) is 12.7 Å². The van der Waals surface area contributed by atoms with Gasteiger partial charge in [-0.25, -0.2) is 4.79 Å². The molecule has 7 heteroatoms. The van der Waals surface area contributed by atoms with E-state index in [0.29, 0.717) is 6.42 Å². The fourth-order valence-electron chi connectivity index (χ4n) is 1.26. The Balaban J connectivity index is 3.92. The van der Waals surface area contributed by atoms with Crippen LogP contribution in [0.25, 0.3) is 0 Å². The van der Waals surface area contributed by atoms with E-state index < -0.39 is 30.3 Å². The van der Waals surface area contributed by atoms with E-state index in [4.69, 9.17) is 4.74 Å². The monoisotopic (exact) mass is 282 g/mol. The molecule has 0 aromatic rings.